The predicted octanol–water partition coefficient (Wildman–Crippen LogP) is 1.44. The van der Waals surface area contributed by atoms with Gasteiger partial charge in [-0.1, -0.05) is 5.16 Å². The third-order valence-electron chi connectivity index (χ3n) is 2.57. The molecule has 3 rings (SSSR count). The highest BCUT2D eigenvalue weighted by atomic mass is 127. The molecule has 0 atom stereocenters. The predicted molar refractivity (Wildman–Crippen MR) is 78.2 cm³/mol. The molecule has 0 saturated heterocycles. The summed E-state index contributed by atoms with van der Waals surface area (Å²) in [4.78, 5) is 15.9. The molecule has 0 bridgehead atoms. The van der Waals surface area contributed by atoms with Gasteiger partial charge in [-0.2, -0.15) is 10.1 Å². The van der Waals surface area contributed by atoms with Gasteiger partial charge in [0.2, 0.25) is 0 Å². The van der Waals surface area contributed by atoms with Crippen LogP contribution in [0.3, 0.4) is 0 Å². The molecule has 21 heavy (non-hydrogen) atoms. The summed E-state index contributed by atoms with van der Waals surface area (Å²) in [6.07, 6.45) is 5.10. The molecule has 0 spiro atoms. The molecule has 0 radical (unpaired) electrons. The van der Waals surface area contributed by atoms with Crippen LogP contribution in [0.1, 0.15) is 22.3 Å². The van der Waals surface area contributed by atoms with Crippen LogP contribution in [0.2, 0.25) is 0 Å². The fourth-order valence-corrected chi connectivity index (χ4v) is 2.08. The lowest BCUT2D eigenvalue weighted by atomic mass is 10.4. The Morgan fingerprint density at radius 1 is 1.48 bits per heavy atom. The standard InChI is InChI=1S/C12H10IN5O3/c13-8-4-15-18(6-8)7-10-16-12(21-17-10)11(19)14-5-9-2-1-3-20-9/h1-4,6H,5,7H2,(H,14,19). The lowest BCUT2D eigenvalue weighted by Gasteiger charge is -1.97. The second-order valence-corrected chi connectivity index (χ2v) is 5.38. The molecule has 0 aliphatic carbocycles. The normalized spacial score (nSPS) is 10.7. The molecule has 0 saturated carbocycles. The number of halogens is 1. The first-order valence-corrected chi connectivity index (χ1v) is 7.10. The third-order valence-corrected chi connectivity index (χ3v) is 3.13. The minimum Gasteiger partial charge on any atom is -0.467 e. The van der Waals surface area contributed by atoms with Crippen LogP contribution >= 0.6 is 22.6 Å². The number of carbonyl (C=O) groups excluding carboxylic acids is 1. The number of carbonyl (C=O) groups is 1. The molecular weight excluding hydrogens is 389 g/mol. The Labute approximate surface area is 132 Å². The monoisotopic (exact) mass is 399 g/mol. The molecule has 1 amide bonds. The average molecular weight is 399 g/mol. The lowest BCUT2D eigenvalue weighted by molar-refractivity contribution is 0.0904. The van der Waals surface area contributed by atoms with Gasteiger partial charge in [-0.25, -0.2) is 0 Å². The van der Waals surface area contributed by atoms with E-state index in [1.807, 2.05) is 6.20 Å². The Balaban J connectivity index is 1.60. The molecular formula is C12H10IN5O3. The van der Waals surface area contributed by atoms with Crippen molar-refractivity contribution in [1.82, 2.24) is 25.2 Å². The van der Waals surface area contributed by atoms with E-state index < -0.39 is 5.91 Å². The van der Waals surface area contributed by atoms with Crippen molar-refractivity contribution in [2.24, 2.45) is 0 Å². The van der Waals surface area contributed by atoms with Gasteiger partial charge in [0.05, 0.1) is 22.6 Å². The molecule has 0 aromatic carbocycles. The van der Waals surface area contributed by atoms with Crippen LogP contribution in [0.25, 0.3) is 0 Å². The summed E-state index contributed by atoms with van der Waals surface area (Å²) >= 11 is 2.15. The van der Waals surface area contributed by atoms with Crippen LogP contribution in [-0.2, 0) is 13.1 Å². The smallest absolute Gasteiger partial charge is 0.316 e. The van der Waals surface area contributed by atoms with Crippen molar-refractivity contribution in [2.45, 2.75) is 13.1 Å². The molecule has 0 aliphatic rings. The van der Waals surface area contributed by atoms with Crippen LogP contribution in [0.15, 0.2) is 39.7 Å². The van der Waals surface area contributed by atoms with Crippen LogP contribution in [0.5, 0.6) is 0 Å². The zero-order valence-corrected chi connectivity index (χ0v) is 12.9. The Hall–Kier alpha value is -2.17. The minimum atomic E-state index is -0.444. The Bertz CT molecular complexity index is 734. The van der Waals surface area contributed by atoms with E-state index >= 15 is 0 Å². The number of aromatic nitrogens is 4. The maximum Gasteiger partial charge on any atom is 0.316 e. The van der Waals surface area contributed by atoms with E-state index in [4.69, 9.17) is 8.94 Å². The maximum atomic E-state index is 11.8. The fourth-order valence-electron chi connectivity index (χ4n) is 1.64. The van der Waals surface area contributed by atoms with Crippen molar-refractivity contribution in [1.29, 1.82) is 0 Å². The van der Waals surface area contributed by atoms with Gasteiger partial charge in [0, 0.05) is 6.20 Å². The Morgan fingerprint density at radius 3 is 3.10 bits per heavy atom. The summed E-state index contributed by atoms with van der Waals surface area (Å²) in [6, 6.07) is 3.51. The van der Waals surface area contributed by atoms with E-state index in [9.17, 15) is 4.79 Å². The Kier molecular flexibility index (Phi) is 3.99. The second-order valence-electron chi connectivity index (χ2n) is 4.13. The van der Waals surface area contributed by atoms with E-state index in [2.05, 4.69) is 43.1 Å². The number of nitrogens with zero attached hydrogens (tertiary/aromatic N) is 4. The van der Waals surface area contributed by atoms with Crippen LogP contribution in [0.4, 0.5) is 0 Å². The van der Waals surface area contributed by atoms with Gasteiger partial charge in [0.1, 0.15) is 12.3 Å². The number of hydrogen-bond donors (Lipinski definition) is 1. The largest absolute Gasteiger partial charge is 0.467 e. The number of amides is 1. The van der Waals surface area contributed by atoms with Gasteiger partial charge in [-0.05, 0) is 34.7 Å². The van der Waals surface area contributed by atoms with Gasteiger partial charge >= 0.3 is 11.8 Å². The van der Waals surface area contributed by atoms with Crippen molar-refractivity contribution in [3.05, 3.63) is 51.8 Å². The van der Waals surface area contributed by atoms with E-state index in [0.717, 1.165) is 3.57 Å². The molecule has 0 unspecified atom stereocenters. The summed E-state index contributed by atoms with van der Waals surface area (Å²) in [5, 5.41) is 10.5. The van der Waals surface area contributed by atoms with Crippen LogP contribution in [-0.4, -0.2) is 25.8 Å². The molecule has 8 nitrogen and oxygen atoms in total. The van der Waals surface area contributed by atoms with Gasteiger partial charge < -0.3 is 14.3 Å². The highest BCUT2D eigenvalue weighted by molar-refractivity contribution is 14.1. The summed E-state index contributed by atoms with van der Waals surface area (Å²) in [6.45, 7) is 0.610. The molecule has 0 fully saturated rings. The molecule has 0 aliphatic heterocycles. The van der Waals surface area contributed by atoms with Crippen LogP contribution < -0.4 is 5.32 Å². The van der Waals surface area contributed by atoms with Crippen molar-refractivity contribution in [2.75, 3.05) is 0 Å². The van der Waals surface area contributed by atoms with Crippen molar-refractivity contribution >= 4 is 28.5 Å². The van der Waals surface area contributed by atoms with E-state index in [0.29, 0.717) is 18.1 Å². The maximum absolute atomic E-state index is 11.8. The average Bonchev–Trinajstić information content (AvgIpc) is 3.19. The first-order chi connectivity index (χ1) is 10.2. The lowest BCUT2D eigenvalue weighted by Crippen LogP contribution is -2.22. The third kappa shape index (κ3) is 3.48. The topological polar surface area (TPSA) is 99.0 Å². The van der Waals surface area contributed by atoms with Crippen molar-refractivity contribution < 1.29 is 13.7 Å². The molecule has 3 heterocycles. The number of nitrogens with one attached hydrogen (secondary N) is 1. The summed E-state index contributed by atoms with van der Waals surface area (Å²) < 4.78 is 12.7. The minimum absolute atomic E-state index is 0.0848. The quantitative estimate of drug-likeness (QED) is 0.652. The van der Waals surface area contributed by atoms with E-state index in [1.165, 1.54) is 6.26 Å². The van der Waals surface area contributed by atoms with Gasteiger partial charge in [-0.15, -0.1) is 0 Å². The zero-order chi connectivity index (χ0) is 14.7. The molecule has 108 valence electrons. The molecule has 9 heteroatoms. The molecule has 3 aromatic heterocycles. The van der Waals surface area contributed by atoms with Gasteiger partial charge in [0.25, 0.3) is 0 Å². The SMILES string of the molecule is O=C(NCc1ccco1)c1nc(Cn2cc(I)cn2)no1. The number of rotatable bonds is 5. The highest BCUT2D eigenvalue weighted by Crippen LogP contribution is 2.05. The zero-order valence-electron chi connectivity index (χ0n) is 10.7. The van der Waals surface area contributed by atoms with E-state index in [1.54, 1.807) is 23.0 Å². The summed E-state index contributed by atoms with van der Waals surface area (Å²) in [5.74, 6) is 0.505. The Morgan fingerprint density at radius 2 is 2.38 bits per heavy atom. The number of furan rings is 1. The summed E-state index contributed by atoms with van der Waals surface area (Å²) in [5.41, 5.74) is 0. The first-order valence-electron chi connectivity index (χ1n) is 6.02. The van der Waals surface area contributed by atoms with Crippen LogP contribution in [0, 0.1) is 3.57 Å². The number of hydrogen-bond acceptors (Lipinski definition) is 6. The first kappa shape index (κ1) is 13.8. The molecule has 3 aromatic rings. The van der Waals surface area contributed by atoms with Crippen molar-refractivity contribution in [3.8, 4) is 0 Å². The highest BCUT2D eigenvalue weighted by Gasteiger charge is 2.15. The van der Waals surface area contributed by atoms with E-state index in [-0.39, 0.29) is 12.4 Å². The van der Waals surface area contributed by atoms with Gasteiger partial charge in [0.15, 0.2) is 5.82 Å². The second kappa shape index (κ2) is 6.08. The fraction of sp³-hybridized carbons (Fsp3) is 0.167. The molecule has 1 N–H and O–H groups in total. The van der Waals surface area contributed by atoms with Gasteiger partial charge in [-0.3, -0.25) is 9.48 Å². The summed E-state index contributed by atoms with van der Waals surface area (Å²) in [7, 11) is 0. The van der Waals surface area contributed by atoms with Crippen molar-refractivity contribution in [3.63, 3.8) is 0 Å².